The van der Waals surface area contributed by atoms with E-state index in [4.69, 9.17) is 4.74 Å². The van der Waals surface area contributed by atoms with Crippen LogP contribution in [0.15, 0.2) is 66.7 Å². The lowest BCUT2D eigenvalue weighted by Crippen LogP contribution is -2.23. The summed E-state index contributed by atoms with van der Waals surface area (Å²) in [5, 5.41) is 15.5. The van der Waals surface area contributed by atoms with E-state index >= 15 is 0 Å². The first-order valence-corrected chi connectivity index (χ1v) is 8.24. The minimum atomic E-state index is -0.540. The molecule has 0 saturated carbocycles. The van der Waals surface area contributed by atoms with Gasteiger partial charge in [0.25, 0.3) is 11.6 Å². The van der Waals surface area contributed by atoms with Gasteiger partial charge in [-0.1, -0.05) is 54.3 Å². The topological polar surface area (TPSA) is 81.5 Å². The number of nitrogens with zero attached hydrogens (tertiary/aromatic N) is 1. The summed E-state index contributed by atoms with van der Waals surface area (Å²) in [7, 11) is 0. The number of hydrogen-bond donors (Lipinski definition) is 1. The van der Waals surface area contributed by atoms with Gasteiger partial charge < -0.3 is 10.1 Å². The summed E-state index contributed by atoms with van der Waals surface area (Å²) in [6.45, 7) is 0.321. The van der Waals surface area contributed by atoms with Crippen LogP contribution < -0.4 is 10.1 Å². The predicted molar refractivity (Wildman–Crippen MR) is 103 cm³/mol. The van der Waals surface area contributed by atoms with Gasteiger partial charge in [-0.25, -0.2) is 0 Å². The van der Waals surface area contributed by atoms with Crippen LogP contribution in [-0.4, -0.2) is 24.0 Å². The van der Waals surface area contributed by atoms with Gasteiger partial charge in [0.05, 0.1) is 11.5 Å². The molecule has 3 aromatic carbocycles. The summed E-state index contributed by atoms with van der Waals surface area (Å²) >= 11 is 0. The molecule has 0 radical (unpaired) electrons. The lowest BCUT2D eigenvalue weighted by atomic mass is 10.1. The van der Waals surface area contributed by atoms with Gasteiger partial charge in [0.15, 0.2) is 0 Å². The lowest BCUT2D eigenvalue weighted by molar-refractivity contribution is -0.384. The van der Waals surface area contributed by atoms with Gasteiger partial charge in [0.1, 0.15) is 12.4 Å². The molecule has 1 amide bonds. The molecule has 0 aliphatic rings. The fourth-order valence-corrected chi connectivity index (χ4v) is 2.54. The zero-order chi connectivity index (χ0) is 19.1. The van der Waals surface area contributed by atoms with Crippen LogP contribution in [0.5, 0.6) is 5.75 Å². The average Bonchev–Trinajstić information content (AvgIpc) is 2.70. The highest BCUT2D eigenvalue weighted by molar-refractivity contribution is 5.94. The molecule has 0 heterocycles. The van der Waals surface area contributed by atoms with E-state index in [9.17, 15) is 14.9 Å². The fourth-order valence-electron chi connectivity index (χ4n) is 2.54. The first-order chi connectivity index (χ1) is 13.1. The highest BCUT2D eigenvalue weighted by Gasteiger charge is 2.10. The fraction of sp³-hybridized carbons (Fsp3) is 0.0952. The lowest BCUT2D eigenvalue weighted by Gasteiger charge is -2.06. The standard InChI is InChI=1S/C21H16N2O4/c24-21(17-9-5-10-18(15-17)23(25)26)22-13-3-4-14-27-20-12-6-8-16-7-1-2-11-19(16)20/h1-2,5-12,15H,13-14H2,(H,22,24). The van der Waals surface area contributed by atoms with Gasteiger partial charge in [0, 0.05) is 23.1 Å². The first-order valence-electron chi connectivity index (χ1n) is 8.24. The van der Waals surface area contributed by atoms with E-state index in [0.29, 0.717) is 0 Å². The van der Waals surface area contributed by atoms with E-state index in [-0.39, 0.29) is 24.4 Å². The number of nitro benzene ring substituents is 1. The van der Waals surface area contributed by atoms with Crippen LogP contribution in [0.3, 0.4) is 0 Å². The summed E-state index contributed by atoms with van der Waals surface area (Å²) in [4.78, 5) is 22.2. The number of rotatable bonds is 5. The molecule has 0 unspecified atom stereocenters. The van der Waals surface area contributed by atoms with Crippen molar-refractivity contribution in [3.63, 3.8) is 0 Å². The van der Waals surface area contributed by atoms with Crippen molar-refractivity contribution < 1.29 is 14.5 Å². The molecule has 0 aliphatic heterocycles. The molecule has 0 saturated heterocycles. The number of nitrogens with one attached hydrogen (secondary N) is 1. The Labute approximate surface area is 155 Å². The van der Waals surface area contributed by atoms with Crippen molar-refractivity contribution >= 4 is 22.4 Å². The summed E-state index contributed by atoms with van der Waals surface area (Å²) in [6.07, 6.45) is 0. The Hall–Kier alpha value is -3.85. The van der Waals surface area contributed by atoms with Crippen LogP contribution in [0.25, 0.3) is 10.8 Å². The maximum absolute atomic E-state index is 12.0. The Morgan fingerprint density at radius 2 is 1.81 bits per heavy atom. The van der Waals surface area contributed by atoms with Crippen LogP contribution >= 0.6 is 0 Å². The molecular formula is C21H16N2O4. The summed E-state index contributed by atoms with van der Waals surface area (Å²) < 4.78 is 5.69. The van der Waals surface area contributed by atoms with Gasteiger partial charge >= 0.3 is 0 Å². The SMILES string of the molecule is O=C(NCC#CCOc1cccc2ccccc12)c1cccc([N+](=O)[O-])c1. The predicted octanol–water partition coefficient (Wildman–Crippen LogP) is 3.56. The summed E-state index contributed by atoms with van der Waals surface area (Å²) in [5.41, 5.74) is 0.0928. The second kappa shape index (κ2) is 8.50. The third-order valence-corrected chi connectivity index (χ3v) is 3.83. The Balaban J connectivity index is 1.52. The van der Waals surface area contributed by atoms with Gasteiger partial charge in [-0.15, -0.1) is 0 Å². The highest BCUT2D eigenvalue weighted by atomic mass is 16.6. The van der Waals surface area contributed by atoms with Crippen LogP contribution in [0.4, 0.5) is 5.69 Å². The number of carbonyl (C=O) groups excluding carboxylic acids is 1. The summed E-state index contributed by atoms with van der Waals surface area (Å²) in [6, 6.07) is 19.3. The largest absolute Gasteiger partial charge is 0.480 e. The molecule has 3 aromatic rings. The van der Waals surface area contributed by atoms with E-state index in [1.807, 2.05) is 42.5 Å². The van der Waals surface area contributed by atoms with Gasteiger partial charge in [-0.3, -0.25) is 14.9 Å². The molecule has 1 N–H and O–H groups in total. The van der Waals surface area contributed by atoms with Crippen molar-refractivity contribution in [3.05, 3.63) is 82.4 Å². The molecule has 0 bridgehead atoms. The van der Waals surface area contributed by atoms with E-state index in [2.05, 4.69) is 17.2 Å². The minimum Gasteiger partial charge on any atom is -0.480 e. The van der Waals surface area contributed by atoms with E-state index < -0.39 is 10.8 Å². The van der Waals surface area contributed by atoms with Crippen LogP contribution in [0.2, 0.25) is 0 Å². The van der Waals surface area contributed by atoms with Crippen LogP contribution in [0, 0.1) is 22.0 Å². The van der Waals surface area contributed by atoms with E-state index in [0.717, 1.165) is 16.5 Å². The molecule has 6 heteroatoms. The van der Waals surface area contributed by atoms with E-state index in [1.54, 1.807) is 0 Å². The molecule has 0 atom stereocenters. The van der Waals surface area contributed by atoms with Crippen molar-refractivity contribution in [2.75, 3.05) is 13.2 Å². The molecule has 134 valence electrons. The second-order valence-electron chi connectivity index (χ2n) is 5.61. The number of carbonyl (C=O) groups is 1. The van der Waals surface area contributed by atoms with Crippen molar-refractivity contribution in [1.82, 2.24) is 5.32 Å². The number of hydrogen-bond acceptors (Lipinski definition) is 4. The molecule has 0 spiro atoms. The van der Waals surface area contributed by atoms with Crippen LogP contribution in [-0.2, 0) is 0 Å². The van der Waals surface area contributed by atoms with Crippen LogP contribution in [0.1, 0.15) is 10.4 Å². The molecule has 3 rings (SSSR count). The molecule has 6 nitrogen and oxygen atoms in total. The molecule has 0 aliphatic carbocycles. The maximum atomic E-state index is 12.0. The monoisotopic (exact) mass is 360 g/mol. The summed E-state index contributed by atoms with van der Waals surface area (Å²) in [5.74, 6) is 5.98. The Kier molecular flexibility index (Phi) is 5.65. The molecule has 27 heavy (non-hydrogen) atoms. The zero-order valence-corrected chi connectivity index (χ0v) is 14.3. The molecular weight excluding hydrogens is 344 g/mol. The average molecular weight is 360 g/mol. The van der Waals surface area contributed by atoms with Crippen molar-refractivity contribution in [1.29, 1.82) is 0 Å². The van der Waals surface area contributed by atoms with Gasteiger partial charge in [-0.05, 0) is 17.5 Å². The number of fused-ring (bicyclic) bond motifs is 1. The van der Waals surface area contributed by atoms with E-state index in [1.165, 1.54) is 24.3 Å². The number of benzene rings is 3. The maximum Gasteiger partial charge on any atom is 0.270 e. The Bertz CT molecular complexity index is 1050. The third kappa shape index (κ3) is 4.61. The molecule has 0 fully saturated rings. The van der Waals surface area contributed by atoms with Gasteiger partial charge in [-0.2, -0.15) is 0 Å². The van der Waals surface area contributed by atoms with Crippen molar-refractivity contribution in [2.45, 2.75) is 0 Å². The number of ether oxygens (including phenoxy) is 1. The smallest absolute Gasteiger partial charge is 0.270 e. The second-order valence-corrected chi connectivity index (χ2v) is 5.61. The number of non-ortho nitro benzene ring substituents is 1. The quantitative estimate of drug-likeness (QED) is 0.428. The van der Waals surface area contributed by atoms with Crippen molar-refractivity contribution in [2.24, 2.45) is 0 Å². The zero-order valence-electron chi connectivity index (χ0n) is 14.3. The number of nitro groups is 1. The first kappa shape index (κ1) is 18.0. The normalized spacial score (nSPS) is 9.93. The number of amides is 1. The molecule has 0 aromatic heterocycles. The minimum absolute atomic E-state index is 0.125. The third-order valence-electron chi connectivity index (χ3n) is 3.83. The Morgan fingerprint density at radius 3 is 2.67 bits per heavy atom. The Morgan fingerprint density at radius 1 is 1.04 bits per heavy atom. The van der Waals surface area contributed by atoms with Gasteiger partial charge in [0.2, 0.25) is 0 Å². The highest BCUT2D eigenvalue weighted by Crippen LogP contribution is 2.24. The van der Waals surface area contributed by atoms with Crippen molar-refractivity contribution in [3.8, 4) is 17.6 Å².